The first kappa shape index (κ1) is 17.3. The molecule has 1 amide bonds. The van der Waals surface area contributed by atoms with E-state index in [4.69, 9.17) is 0 Å². The number of aryl methyl sites for hydroxylation is 2. The molecule has 0 spiro atoms. The molecular weight excluding hydrogens is 296 g/mol. The van der Waals surface area contributed by atoms with Gasteiger partial charge in [-0.15, -0.1) is 12.4 Å². The number of amides is 1. The van der Waals surface area contributed by atoms with Crippen molar-refractivity contribution in [1.29, 1.82) is 0 Å². The first-order chi connectivity index (χ1) is 9.08. The summed E-state index contributed by atoms with van der Waals surface area (Å²) in [5, 5.41) is 10.7. The van der Waals surface area contributed by atoms with Crippen LogP contribution in [-0.4, -0.2) is 39.8 Å². The largest absolute Gasteiger partial charge is 0.352 e. The molecule has 0 aromatic carbocycles. The predicted octanol–water partition coefficient (Wildman–Crippen LogP) is 1.17. The molecule has 2 N–H and O–H groups in total. The summed E-state index contributed by atoms with van der Waals surface area (Å²) in [5.41, 5.74) is 3.23. The Hall–Kier alpha value is -0.720. The Kier molecular flexibility index (Phi) is 6.85. The summed E-state index contributed by atoms with van der Waals surface area (Å²) in [4.78, 5) is 11.9. The van der Waals surface area contributed by atoms with E-state index in [1.807, 2.05) is 37.3 Å². The Morgan fingerprint density at radius 2 is 2.30 bits per heavy atom. The summed E-state index contributed by atoms with van der Waals surface area (Å²) >= 11 is 1.91. The van der Waals surface area contributed by atoms with Gasteiger partial charge in [-0.25, -0.2) is 0 Å². The second kappa shape index (κ2) is 7.90. The molecule has 114 valence electrons. The smallest absolute Gasteiger partial charge is 0.221 e. The van der Waals surface area contributed by atoms with Gasteiger partial charge in [0.05, 0.1) is 5.69 Å². The lowest BCUT2D eigenvalue weighted by atomic mass is 10.2. The van der Waals surface area contributed by atoms with Gasteiger partial charge in [0, 0.05) is 55.4 Å². The number of hydrogen-bond donors (Lipinski definition) is 2. The Balaban J connectivity index is 0.00000200. The number of halogens is 1. The van der Waals surface area contributed by atoms with Crippen molar-refractivity contribution in [3.63, 3.8) is 0 Å². The van der Waals surface area contributed by atoms with Crippen molar-refractivity contribution in [2.75, 3.05) is 18.1 Å². The highest BCUT2D eigenvalue weighted by atomic mass is 35.5. The predicted molar refractivity (Wildman–Crippen MR) is 85.5 cm³/mol. The Morgan fingerprint density at radius 3 is 2.85 bits per heavy atom. The molecule has 1 aliphatic heterocycles. The van der Waals surface area contributed by atoms with Crippen LogP contribution >= 0.6 is 24.2 Å². The van der Waals surface area contributed by atoms with Gasteiger partial charge in [0.1, 0.15) is 0 Å². The number of nitrogens with one attached hydrogen (secondary N) is 2. The lowest BCUT2D eigenvalue weighted by Gasteiger charge is -2.22. The van der Waals surface area contributed by atoms with Crippen molar-refractivity contribution in [2.24, 2.45) is 7.05 Å². The zero-order valence-corrected chi connectivity index (χ0v) is 13.9. The minimum absolute atomic E-state index is 0. The normalized spacial score (nSPS) is 18.4. The number of aromatic nitrogens is 2. The van der Waals surface area contributed by atoms with Crippen LogP contribution in [-0.2, 0) is 18.4 Å². The average molecular weight is 319 g/mol. The minimum atomic E-state index is 0. The molecule has 1 atom stereocenters. The van der Waals surface area contributed by atoms with E-state index in [1.165, 1.54) is 0 Å². The zero-order valence-electron chi connectivity index (χ0n) is 12.2. The van der Waals surface area contributed by atoms with Gasteiger partial charge in [0.25, 0.3) is 0 Å². The quantitative estimate of drug-likeness (QED) is 0.875. The molecule has 2 heterocycles. The third-order valence-electron chi connectivity index (χ3n) is 3.55. The standard InChI is InChI=1S/C13H22N4OS.ClH/c1-9-12(10(2)17(3)16-9)7-15-13(18)6-11-8-19-5-4-14-11;/h11,14H,4-8H2,1-3H3,(H,15,18);1H. The van der Waals surface area contributed by atoms with Crippen molar-refractivity contribution in [3.8, 4) is 0 Å². The van der Waals surface area contributed by atoms with Gasteiger partial charge < -0.3 is 10.6 Å². The molecular formula is C13H23ClN4OS. The van der Waals surface area contributed by atoms with Gasteiger partial charge in [-0.1, -0.05) is 0 Å². The number of rotatable bonds is 4. The van der Waals surface area contributed by atoms with E-state index < -0.39 is 0 Å². The third kappa shape index (κ3) is 4.40. The van der Waals surface area contributed by atoms with Crippen LogP contribution in [0.4, 0.5) is 0 Å². The summed E-state index contributed by atoms with van der Waals surface area (Å²) in [5.74, 6) is 2.28. The van der Waals surface area contributed by atoms with Crippen molar-refractivity contribution in [3.05, 3.63) is 17.0 Å². The molecule has 1 aromatic rings. The number of carbonyl (C=O) groups is 1. The Labute approximate surface area is 130 Å². The van der Waals surface area contributed by atoms with E-state index in [2.05, 4.69) is 15.7 Å². The monoisotopic (exact) mass is 318 g/mol. The van der Waals surface area contributed by atoms with Crippen LogP contribution in [0, 0.1) is 13.8 Å². The van der Waals surface area contributed by atoms with Crippen LogP contribution in [0.3, 0.4) is 0 Å². The summed E-state index contributed by atoms with van der Waals surface area (Å²) in [6.07, 6.45) is 0.561. The molecule has 0 radical (unpaired) electrons. The highest BCUT2D eigenvalue weighted by molar-refractivity contribution is 7.99. The third-order valence-corrected chi connectivity index (χ3v) is 4.68. The lowest BCUT2D eigenvalue weighted by molar-refractivity contribution is -0.121. The maximum absolute atomic E-state index is 11.9. The van der Waals surface area contributed by atoms with Crippen molar-refractivity contribution in [2.45, 2.75) is 32.9 Å². The van der Waals surface area contributed by atoms with E-state index >= 15 is 0 Å². The van der Waals surface area contributed by atoms with Crippen molar-refractivity contribution < 1.29 is 4.79 Å². The van der Waals surface area contributed by atoms with Crippen LogP contribution in [0.2, 0.25) is 0 Å². The maximum Gasteiger partial charge on any atom is 0.221 e. The van der Waals surface area contributed by atoms with E-state index in [-0.39, 0.29) is 18.3 Å². The van der Waals surface area contributed by atoms with E-state index in [1.54, 1.807) is 0 Å². The van der Waals surface area contributed by atoms with Crippen molar-refractivity contribution >= 4 is 30.1 Å². The molecule has 1 saturated heterocycles. The summed E-state index contributed by atoms with van der Waals surface area (Å²) in [7, 11) is 1.93. The fourth-order valence-corrected chi connectivity index (χ4v) is 3.26. The Bertz CT molecular complexity index is 457. The molecule has 1 aromatic heterocycles. The number of nitrogens with zero attached hydrogens (tertiary/aromatic N) is 2. The first-order valence-corrected chi connectivity index (χ1v) is 7.80. The van der Waals surface area contributed by atoms with E-state index in [0.717, 1.165) is 35.0 Å². The molecule has 20 heavy (non-hydrogen) atoms. The van der Waals surface area contributed by atoms with Crippen LogP contribution in [0.5, 0.6) is 0 Å². The van der Waals surface area contributed by atoms with Gasteiger partial charge in [0.2, 0.25) is 5.91 Å². The number of thioether (sulfide) groups is 1. The van der Waals surface area contributed by atoms with E-state index in [9.17, 15) is 4.79 Å². The van der Waals surface area contributed by atoms with Gasteiger partial charge in [-0.2, -0.15) is 16.9 Å². The lowest BCUT2D eigenvalue weighted by Crippen LogP contribution is -2.41. The molecule has 1 aliphatic rings. The fourth-order valence-electron chi connectivity index (χ4n) is 2.31. The van der Waals surface area contributed by atoms with Crippen molar-refractivity contribution in [1.82, 2.24) is 20.4 Å². The molecule has 0 saturated carbocycles. The minimum Gasteiger partial charge on any atom is -0.352 e. The SMILES string of the molecule is Cc1nn(C)c(C)c1CNC(=O)CC1CSCCN1.Cl. The van der Waals surface area contributed by atoms with Gasteiger partial charge in [-0.05, 0) is 13.8 Å². The summed E-state index contributed by atoms with van der Waals surface area (Å²) in [6, 6.07) is 0.315. The highest BCUT2D eigenvalue weighted by Gasteiger charge is 2.17. The molecule has 0 aliphatic carbocycles. The molecule has 2 rings (SSSR count). The van der Waals surface area contributed by atoms with Gasteiger partial charge in [-0.3, -0.25) is 9.48 Å². The molecule has 7 heteroatoms. The summed E-state index contributed by atoms with van der Waals surface area (Å²) in [6.45, 7) is 5.59. The van der Waals surface area contributed by atoms with Gasteiger partial charge >= 0.3 is 0 Å². The zero-order chi connectivity index (χ0) is 13.8. The molecule has 5 nitrogen and oxygen atoms in total. The first-order valence-electron chi connectivity index (χ1n) is 6.65. The van der Waals surface area contributed by atoms with E-state index in [0.29, 0.717) is 19.0 Å². The van der Waals surface area contributed by atoms with Gasteiger partial charge in [0.15, 0.2) is 0 Å². The van der Waals surface area contributed by atoms with Crippen LogP contribution in [0.15, 0.2) is 0 Å². The number of hydrogen-bond acceptors (Lipinski definition) is 4. The Morgan fingerprint density at radius 1 is 1.55 bits per heavy atom. The number of carbonyl (C=O) groups excluding carboxylic acids is 1. The van der Waals surface area contributed by atoms with Crippen LogP contribution < -0.4 is 10.6 Å². The van der Waals surface area contributed by atoms with Crippen LogP contribution in [0.1, 0.15) is 23.4 Å². The maximum atomic E-state index is 11.9. The topological polar surface area (TPSA) is 59.0 Å². The highest BCUT2D eigenvalue weighted by Crippen LogP contribution is 2.12. The molecule has 1 fully saturated rings. The average Bonchev–Trinajstić information content (AvgIpc) is 2.62. The fraction of sp³-hybridized carbons (Fsp3) is 0.692. The second-order valence-electron chi connectivity index (χ2n) is 4.98. The second-order valence-corrected chi connectivity index (χ2v) is 6.13. The van der Waals surface area contributed by atoms with Crippen LogP contribution in [0.25, 0.3) is 0 Å². The molecule has 1 unspecified atom stereocenters. The summed E-state index contributed by atoms with van der Waals surface area (Å²) < 4.78 is 1.86. The molecule has 0 bridgehead atoms.